The lowest BCUT2D eigenvalue weighted by Crippen LogP contribution is -2.37. The van der Waals surface area contributed by atoms with E-state index in [4.69, 9.17) is 5.84 Å². The molecule has 3 N–H and O–H groups in total. The Hall–Kier alpha value is -0.330. The van der Waals surface area contributed by atoms with Crippen LogP contribution < -0.4 is 11.3 Å². The van der Waals surface area contributed by atoms with Crippen LogP contribution in [0.15, 0.2) is 0 Å². The molecule has 0 rings (SSSR count). The molecule has 0 aliphatic heterocycles. The Morgan fingerprint density at radius 1 is 1.27 bits per heavy atom. The zero-order chi connectivity index (χ0) is 11.9. The van der Waals surface area contributed by atoms with Crippen LogP contribution in [0, 0.1) is 0 Å². The molecule has 0 saturated heterocycles. The van der Waals surface area contributed by atoms with Gasteiger partial charge in [0, 0.05) is 12.5 Å². The van der Waals surface area contributed by atoms with Crippen molar-refractivity contribution in [1.82, 2.24) is 10.3 Å². The van der Waals surface area contributed by atoms with Gasteiger partial charge in [-0.2, -0.15) is 13.2 Å². The first-order valence-corrected chi connectivity index (χ1v) is 5.03. The maximum Gasteiger partial charge on any atom is 0.389 e. The Balaban J connectivity index is 3.62. The zero-order valence-electron chi connectivity index (χ0n) is 9.27. The molecule has 0 heterocycles. The molecule has 0 fully saturated rings. The lowest BCUT2D eigenvalue weighted by Gasteiger charge is -2.18. The van der Waals surface area contributed by atoms with Gasteiger partial charge in [-0.25, -0.2) is 0 Å². The summed E-state index contributed by atoms with van der Waals surface area (Å²) >= 11 is 0. The summed E-state index contributed by atoms with van der Waals surface area (Å²) in [5.41, 5.74) is 2.55. The van der Waals surface area contributed by atoms with E-state index in [-0.39, 0.29) is 12.5 Å². The van der Waals surface area contributed by atoms with Crippen LogP contribution in [0.5, 0.6) is 0 Å². The summed E-state index contributed by atoms with van der Waals surface area (Å²) in [5.74, 6) is 5.26. The zero-order valence-corrected chi connectivity index (χ0v) is 9.27. The van der Waals surface area contributed by atoms with Gasteiger partial charge in [0.15, 0.2) is 0 Å². The maximum atomic E-state index is 11.9. The lowest BCUT2D eigenvalue weighted by molar-refractivity contribution is -0.135. The van der Waals surface area contributed by atoms with Gasteiger partial charge in [-0.1, -0.05) is 0 Å². The minimum Gasteiger partial charge on any atom is -0.309 e. The second-order valence-corrected chi connectivity index (χ2v) is 3.96. The molecule has 0 spiro atoms. The highest BCUT2D eigenvalue weighted by Crippen LogP contribution is 2.22. The number of hydrogen-bond acceptors (Lipinski definition) is 3. The van der Waals surface area contributed by atoms with Crippen molar-refractivity contribution < 1.29 is 13.2 Å². The molecule has 15 heavy (non-hydrogen) atoms. The quantitative estimate of drug-likeness (QED) is 0.511. The fourth-order valence-corrected chi connectivity index (χ4v) is 1.27. The van der Waals surface area contributed by atoms with E-state index in [2.05, 4.69) is 5.43 Å². The van der Waals surface area contributed by atoms with Crippen molar-refractivity contribution in [2.45, 2.75) is 37.9 Å². The summed E-state index contributed by atoms with van der Waals surface area (Å²) < 4.78 is 35.6. The standard InChI is InChI=1S/C9H20F3N3/c1-15(2)7-5-8(14-13)4-3-6-9(10,11)12/h8,14H,3-7,13H2,1-2H3. The van der Waals surface area contributed by atoms with E-state index in [1.807, 2.05) is 19.0 Å². The topological polar surface area (TPSA) is 41.3 Å². The SMILES string of the molecule is CN(C)CCC(CCCC(F)(F)F)NN. The summed E-state index contributed by atoms with van der Waals surface area (Å²) in [6.45, 7) is 0.820. The van der Waals surface area contributed by atoms with Gasteiger partial charge < -0.3 is 4.90 Å². The first kappa shape index (κ1) is 14.7. The van der Waals surface area contributed by atoms with E-state index in [0.717, 1.165) is 13.0 Å². The van der Waals surface area contributed by atoms with Gasteiger partial charge in [-0.15, -0.1) is 0 Å². The van der Waals surface area contributed by atoms with E-state index in [0.29, 0.717) is 6.42 Å². The highest BCUT2D eigenvalue weighted by Gasteiger charge is 2.26. The third-order valence-electron chi connectivity index (χ3n) is 2.17. The van der Waals surface area contributed by atoms with Gasteiger partial charge in [0.05, 0.1) is 0 Å². The normalized spacial score (nSPS) is 14.6. The molecule has 1 unspecified atom stereocenters. The molecule has 0 radical (unpaired) electrons. The fraction of sp³-hybridized carbons (Fsp3) is 1.00. The summed E-state index contributed by atoms with van der Waals surface area (Å²) in [6, 6.07) is -0.0326. The highest BCUT2D eigenvalue weighted by molar-refractivity contribution is 4.66. The summed E-state index contributed by atoms with van der Waals surface area (Å²) in [4.78, 5) is 1.98. The number of nitrogens with two attached hydrogens (primary N) is 1. The first-order chi connectivity index (χ1) is 6.85. The van der Waals surface area contributed by atoms with Crippen LogP contribution in [-0.2, 0) is 0 Å². The van der Waals surface area contributed by atoms with Crippen molar-refractivity contribution in [3.8, 4) is 0 Å². The number of nitrogens with one attached hydrogen (secondary N) is 1. The summed E-state index contributed by atoms with van der Waals surface area (Å²) in [6.07, 6.45) is -3.43. The second-order valence-electron chi connectivity index (χ2n) is 3.96. The van der Waals surface area contributed by atoms with E-state index < -0.39 is 12.6 Å². The molecule has 0 aromatic heterocycles. The molecule has 0 aliphatic rings. The minimum atomic E-state index is -4.05. The molecule has 3 nitrogen and oxygen atoms in total. The molecule has 6 heteroatoms. The lowest BCUT2D eigenvalue weighted by atomic mass is 10.1. The van der Waals surface area contributed by atoms with Gasteiger partial charge in [0.25, 0.3) is 0 Å². The molecular weight excluding hydrogens is 207 g/mol. The Labute approximate surface area is 88.8 Å². The maximum absolute atomic E-state index is 11.9. The summed E-state index contributed by atoms with van der Waals surface area (Å²) in [5, 5.41) is 0. The largest absolute Gasteiger partial charge is 0.389 e. The van der Waals surface area contributed by atoms with Crippen molar-refractivity contribution in [3.63, 3.8) is 0 Å². The number of hydrazine groups is 1. The van der Waals surface area contributed by atoms with Crippen molar-refractivity contribution in [2.75, 3.05) is 20.6 Å². The Morgan fingerprint density at radius 3 is 2.27 bits per heavy atom. The Bertz CT molecular complexity index is 159. The smallest absolute Gasteiger partial charge is 0.309 e. The molecular formula is C9H20F3N3. The van der Waals surface area contributed by atoms with E-state index in [1.165, 1.54) is 0 Å². The first-order valence-electron chi connectivity index (χ1n) is 5.03. The number of nitrogens with zero attached hydrogens (tertiary/aromatic N) is 1. The van der Waals surface area contributed by atoms with E-state index >= 15 is 0 Å². The van der Waals surface area contributed by atoms with Crippen LogP contribution in [0.25, 0.3) is 0 Å². The van der Waals surface area contributed by atoms with Crippen molar-refractivity contribution in [1.29, 1.82) is 0 Å². The Morgan fingerprint density at radius 2 is 1.87 bits per heavy atom. The van der Waals surface area contributed by atoms with Gasteiger partial charge in [0.1, 0.15) is 0 Å². The van der Waals surface area contributed by atoms with Crippen molar-refractivity contribution in [3.05, 3.63) is 0 Å². The Kier molecular flexibility index (Phi) is 6.87. The van der Waals surface area contributed by atoms with Gasteiger partial charge in [-0.3, -0.25) is 11.3 Å². The molecule has 0 bridgehead atoms. The van der Waals surface area contributed by atoms with Crippen LogP contribution in [0.1, 0.15) is 25.7 Å². The number of rotatable bonds is 7. The molecule has 92 valence electrons. The highest BCUT2D eigenvalue weighted by atomic mass is 19.4. The van der Waals surface area contributed by atoms with Crippen molar-refractivity contribution in [2.24, 2.45) is 5.84 Å². The third-order valence-corrected chi connectivity index (χ3v) is 2.17. The summed E-state index contributed by atoms with van der Waals surface area (Å²) in [7, 11) is 3.84. The predicted octanol–water partition coefficient (Wildman–Crippen LogP) is 1.50. The molecule has 0 aromatic rings. The monoisotopic (exact) mass is 227 g/mol. The van der Waals surface area contributed by atoms with Gasteiger partial charge in [0.2, 0.25) is 0 Å². The molecule has 0 aromatic carbocycles. The second kappa shape index (κ2) is 7.03. The van der Waals surface area contributed by atoms with Crippen molar-refractivity contribution >= 4 is 0 Å². The molecule has 1 atom stereocenters. The van der Waals surface area contributed by atoms with Crippen LogP contribution in [0.3, 0.4) is 0 Å². The fourth-order valence-electron chi connectivity index (χ4n) is 1.27. The number of alkyl halides is 3. The van der Waals surface area contributed by atoms with Crippen LogP contribution in [-0.4, -0.2) is 37.8 Å². The number of halogens is 3. The van der Waals surface area contributed by atoms with E-state index in [9.17, 15) is 13.2 Å². The van der Waals surface area contributed by atoms with Crippen LogP contribution >= 0.6 is 0 Å². The third kappa shape index (κ3) is 9.96. The minimum absolute atomic E-state index is 0.0326. The molecule has 0 amide bonds. The van der Waals surface area contributed by atoms with Crippen LogP contribution in [0.4, 0.5) is 13.2 Å². The number of hydrogen-bond donors (Lipinski definition) is 2. The predicted molar refractivity (Wildman–Crippen MR) is 54.2 cm³/mol. The average Bonchev–Trinajstić information content (AvgIpc) is 2.08. The molecule has 0 aliphatic carbocycles. The van der Waals surface area contributed by atoms with E-state index in [1.54, 1.807) is 0 Å². The van der Waals surface area contributed by atoms with Gasteiger partial charge in [-0.05, 0) is 39.9 Å². The molecule has 0 saturated carbocycles. The average molecular weight is 227 g/mol. The van der Waals surface area contributed by atoms with Crippen LogP contribution in [0.2, 0.25) is 0 Å². The van der Waals surface area contributed by atoms with Gasteiger partial charge >= 0.3 is 6.18 Å².